The first-order valence-corrected chi connectivity index (χ1v) is 22.6. The normalized spacial score (nSPS) is 16.3. The van der Waals surface area contributed by atoms with Gasteiger partial charge in [-0.15, -0.1) is 0 Å². The van der Waals surface area contributed by atoms with Gasteiger partial charge in [0.05, 0.1) is 31.5 Å². The highest BCUT2D eigenvalue weighted by molar-refractivity contribution is 9.10. The van der Waals surface area contributed by atoms with Gasteiger partial charge in [0.25, 0.3) is 0 Å². The van der Waals surface area contributed by atoms with Crippen molar-refractivity contribution < 1.29 is 37.6 Å². The van der Waals surface area contributed by atoms with Crippen LogP contribution in [0, 0.1) is 11.8 Å². The third-order valence-corrected chi connectivity index (χ3v) is 15.4. The van der Waals surface area contributed by atoms with Crippen molar-refractivity contribution in [2.75, 3.05) is 35.2 Å². The van der Waals surface area contributed by atoms with Gasteiger partial charge in [0.15, 0.2) is 19.8 Å². The summed E-state index contributed by atoms with van der Waals surface area (Å²) in [6.45, 7) is 20.0. The SMILES string of the molecule is COCOC(C(C)/C=C(\C)C(O[Si](C)(C)C(C)(C)C)C(CC/C=C(\C)C(N)=O)OC)C(CC(C)Cc1cc(Br)cc(OCc2ccccc2)c1OC)OC. The topological polar surface area (TPSA) is 108 Å². The molecule has 0 aliphatic rings. The summed E-state index contributed by atoms with van der Waals surface area (Å²) in [6.07, 6.45) is 5.81. The Hall–Kier alpha value is -2.51. The van der Waals surface area contributed by atoms with E-state index in [9.17, 15) is 4.79 Å². The van der Waals surface area contributed by atoms with E-state index >= 15 is 0 Å². The molecule has 304 valence electrons. The number of methoxy groups -OCH3 is 4. The lowest BCUT2D eigenvalue weighted by molar-refractivity contribution is -0.136. The van der Waals surface area contributed by atoms with E-state index in [2.05, 4.69) is 82.7 Å². The van der Waals surface area contributed by atoms with Crippen molar-refractivity contribution in [1.82, 2.24) is 0 Å². The molecule has 9 nitrogen and oxygen atoms in total. The lowest BCUT2D eigenvalue weighted by atomic mass is 9.88. The van der Waals surface area contributed by atoms with Crippen LogP contribution in [0.15, 0.2) is 70.2 Å². The molecule has 54 heavy (non-hydrogen) atoms. The molecule has 6 atom stereocenters. The number of carbonyl (C=O) groups is 1. The maximum absolute atomic E-state index is 11.7. The Morgan fingerprint density at radius 2 is 1.63 bits per heavy atom. The van der Waals surface area contributed by atoms with E-state index in [4.69, 9.17) is 38.6 Å². The largest absolute Gasteiger partial charge is 0.493 e. The van der Waals surface area contributed by atoms with E-state index in [1.54, 1.807) is 35.4 Å². The van der Waals surface area contributed by atoms with Gasteiger partial charge in [-0.3, -0.25) is 4.79 Å². The zero-order valence-corrected chi connectivity index (χ0v) is 37.7. The summed E-state index contributed by atoms with van der Waals surface area (Å²) in [5, 5.41) is -0.00883. The van der Waals surface area contributed by atoms with Crippen LogP contribution in [0.1, 0.15) is 78.9 Å². The Kier molecular flexibility index (Phi) is 20.2. The Morgan fingerprint density at radius 1 is 0.981 bits per heavy atom. The van der Waals surface area contributed by atoms with Crippen LogP contribution < -0.4 is 15.2 Å². The van der Waals surface area contributed by atoms with Crippen molar-refractivity contribution in [3.8, 4) is 11.5 Å². The molecule has 0 aromatic heterocycles. The predicted molar refractivity (Wildman–Crippen MR) is 224 cm³/mol. The quantitative estimate of drug-likeness (QED) is 0.0482. The van der Waals surface area contributed by atoms with Crippen molar-refractivity contribution in [3.05, 3.63) is 81.4 Å². The number of halogens is 1. The van der Waals surface area contributed by atoms with Gasteiger partial charge in [0, 0.05) is 37.3 Å². The molecule has 2 N–H and O–H groups in total. The van der Waals surface area contributed by atoms with Crippen LogP contribution in [-0.4, -0.2) is 73.9 Å². The fourth-order valence-corrected chi connectivity index (χ4v) is 8.14. The molecule has 1 amide bonds. The second-order valence-corrected chi connectivity index (χ2v) is 21.6. The summed E-state index contributed by atoms with van der Waals surface area (Å²) in [4.78, 5) is 11.7. The number of ether oxygens (including phenoxy) is 6. The maximum atomic E-state index is 11.7. The minimum absolute atomic E-state index is 0.00883. The van der Waals surface area contributed by atoms with Gasteiger partial charge in [-0.1, -0.05) is 93.0 Å². The highest BCUT2D eigenvalue weighted by atomic mass is 79.9. The summed E-state index contributed by atoms with van der Waals surface area (Å²) >= 11 is 3.69. The Bertz CT molecular complexity index is 1490. The van der Waals surface area contributed by atoms with E-state index in [0.717, 1.165) is 39.8 Å². The van der Waals surface area contributed by atoms with Crippen molar-refractivity contribution >= 4 is 30.2 Å². The molecular formula is C43H68BrNO8Si. The van der Waals surface area contributed by atoms with Crippen LogP contribution in [0.3, 0.4) is 0 Å². The van der Waals surface area contributed by atoms with Gasteiger partial charge in [-0.2, -0.15) is 0 Å². The van der Waals surface area contributed by atoms with E-state index in [-0.39, 0.29) is 48.1 Å². The number of carbonyl (C=O) groups excluding carboxylic acids is 1. The molecule has 0 heterocycles. The van der Waals surface area contributed by atoms with E-state index in [1.165, 1.54) is 0 Å². The monoisotopic (exact) mass is 833 g/mol. The van der Waals surface area contributed by atoms with Crippen molar-refractivity contribution in [3.63, 3.8) is 0 Å². The summed E-state index contributed by atoms with van der Waals surface area (Å²) in [6, 6.07) is 14.1. The minimum Gasteiger partial charge on any atom is -0.493 e. The molecule has 0 radical (unpaired) electrons. The Balaban J connectivity index is 2.39. The van der Waals surface area contributed by atoms with Crippen molar-refractivity contribution in [1.29, 1.82) is 0 Å². The molecule has 0 fully saturated rings. The Labute approximate surface area is 335 Å². The van der Waals surface area contributed by atoms with Crippen LogP contribution >= 0.6 is 15.9 Å². The highest BCUT2D eigenvalue weighted by Gasteiger charge is 2.41. The molecule has 11 heteroatoms. The first-order valence-electron chi connectivity index (χ1n) is 18.9. The molecule has 6 unspecified atom stereocenters. The number of hydrogen-bond donors (Lipinski definition) is 1. The van der Waals surface area contributed by atoms with Gasteiger partial charge >= 0.3 is 0 Å². The summed E-state index contributed by atoms with van der Waals surface area (Å²) in [5.41, 5.74) is 9.23. The van der Waals surface area contributed by atoms with Gasteiger partial charge in [-0.05, 0) is 92.4 Å². The van der Waals surface area contributed by atoms with Gasteiger partial charge < -0.3 is 38.6 Å². The lowest BCUT2D eigenvalue weighted by Crippen LogP contribution is -2.48. The molecule has 0 saturated carbocycles. The summed E-state index contributed by atoms with van der Waals surface area (Å²) in [7, 11) is 4.55. The lowest BCUT2D eigenvalue weighted by Gasteiger charge is -2.42. The number of nitrogens with two attached hydrogens (primary N) is 1. The minimum atomic E-state index is -2.22. The van der Waals surface area contributed by atoms with Gasteiger partial charge in [-0.25, -0.2) is 0 Å². The molecular weight excluding hydrogens is 766 g/mol. The molecule has 2 rings (SSSR count). The number of hydrogen-bond acceptors (Lipinski definition) is 8. The molecule has 0 aliphatic carbocycles. The molecule has 2 aromatic rings. The molecule has 0 aliphatic heterocycles. The van der Waals surface area contributed by atoms with Crippen LogP contribution in [0.4, 0.5) is 0 Å². The first-order chi connectivity index (χ1) is 25.4. The van der Waals surface area contributed by atoms with Gasteiger partial charge in [0.2, 0.25) is 5.91 Å². The molecule has 2 aromatic carbocycles. The number of primary amides is 1. The third kappa shape index (κ3) is 14.9. The van der Waals surface area contributed by atoms with E-state index in [0.29, 0.717) is 30.8 Å². The summed E-state index contributed by atoms with van der Waals surface area (Å²) in [5.74, 6) is 1.15. The van der Waals surface area contributed by atoms with E-state index < -0.39 is 14.2 Å². The average molecular weight is 835 g/mol. The van der Waals surface area contributed by atoms with Crippen molar-refractivity contribution in [2.24, 2.45) is 17.6 Å². The number of amides is 1. The molecule has 0 saturated heterocycles. The summed E-state index contributed by atoms with van der Waals surface area (Å²) < 4.78 is 44.3. The predicted octanol–water partition coefficient (Wildman–Crippen LogP) is 9.81. The maximum Gasteiger partial charge on any atom is 0.244 e. The smallest absolute Gasteiger partial charge is 0.244 e. The number of allylic oxidation sites excluding steroid dienone is 1. The highest BCUT2D eigenvalue weighted by Crippen LogP contribution is 2.40. The van der Waals surface area contributed by atoms with Crippen LogP contribution in [-0.2, 0) is 41.2 Å². The van der Waals surface area contributed by atoms with Crippen molar-refractivity contribution in [2.45, 2.75) is 123 Å². The zero-order chi connectivity index (χ0) is 40.6. The third-order valence-electron chi connectivity index (χ3n) is 10.4. The second kappa shape index (κ2) is 22.9. The van der Waals surface area contributed by atoms with Gasteiger partial charge in [0.1, 0.15) is 13.4 Å². The van der Waals surface area contributed by atoms with E-state index in [1.807, 2.05) is 42.5 Å². The molecule has 0 bridgehead atoms. The number of rotatable bonds is 24. The second-order valence-electron chi connectivity index (χ2n) is 15.9. The van der Waals surface area contributed by atoms with Crippen LogP contribution in [0.25, 0.3) is 0 Å². The number of benzene rings is 2. The zero-order valence-electron chi connectivity index (χ0n) is 35.1. The first kappa shape index (κ1) is 47.6. The fraction of sp³-hybridized carbons (Fsp3) is 0.605. The average Bonchev–Trinajstić information content (AvgIpc) is 3.10. The van der Waals surface area contributed by atoms with Crippen LogP contribution in [0.2, 0.25) is 18.1 Å². The fourth-order valence-electron chi connectivity index (χ4n) is 6.33. The molecule has 0 spiro atoms. The Morgan fingerprint density at radius 3 is 2.19 bits per heavy atom. The van der Waals surface area contributed by atoms with Crippen LogP contribution in [0.5, 0.6) is 11.5 Å². The standard InChI is InChI=1S/C43H68BrNO8Si/c1-29(22-34-25-35(44)26-38(41(34)50-11)51-27-33-19-15-14-16-20-33)23-37(49-10)39(52-28-47-8)31(3)24-32(4)40(53-54(12,13)43(5,6)7)36(48-9)21-17-18-30(2)42(45)46/h14-16,18-20,24-26,29,31,36-37,39-40H,17,21-23,27-28H2,1-13H3,(H2,45,46)/b30-18+,32-24+.